The van der Waals surface area contributed by atoms with Gasteiger partial charge in [-0.25, -0.2) is 4.79 Å². The minimum absolute atomic E-state index is 0. The van der Waals surface area contributed by atoms with Crippen molar-refractivity contribution >= 4 is 12.1 Å². The molecule has 0 aliphatic carbocycles. The number of carbonyl (C=O) groups excluding carboxylic acids is 2. The lowest BCUT2D eigenvalue weighted by atomic mass is 9.93. The smallest absolute Gasteiger partial charge is 0.435 e. The van der Waals surface area contributed by atoms with E-state index in [1.165, 1.54) is 0 Å². The van der Waals surface area contributed by atoms with Gasteiger partial charge >= 0.3 is 12.1 Å². The first-order valence-electron chi connectivity index (χ1n) is 5.10. The van der Waals surface area contributed by atoms with Gasteiger partial charge in [-0.15, -0.1) is 0 Å². The highest BCUT2D eigenvalue weighted by molar-refractivity contribution is 5.78. The highest BCUT2D eigenvalue weighted by atomic mass is 16.7. The summed E-state index contributed by atoms with van der Waals surface area (Å²) < 4.78 is 19.4. The lowest BCUT2D eigenvalue weighted by Crippen LogP contribution is -2.45. The molecule has 0 N–H and O–H groups in total. The molecule has 6 nitrogen and oxygen atoms in total. The van der Waals surface area contributed by atoms with Crippen LogP contribution in [0.1, 0.15) is 28.2 Å². The van der Waals surface area contributed by atoms with Crippen LogP contribution in [0.2, 0.25) is 0 Å². The molecule has 0 aromatic heterocycles. The molecule has 1 rings (SSSR count). The van der Waals surface area contributed by atoms with Crippen LogP contribution in [0.5, 0.6) is 0 Å². The zero-order chi connectivity index (χ0) is 12.2. The summed E-state index contributed by atoms with van der Waals surface area (Å²) in [6.07, 6.45) is -1.38. The number of hydrogen-bond acceptors (Lipinski definition) is 6. The third-order valence-corrected chi connectivity index (χ3v) is 2.18. The molecule has 1 unspecified atom stereocenters. The molecule has 0 saturated carbocycles. The summed E-state index contributed by atoms with van der Waals surface area (Å²) >= 11 is 0. The Morgan fingerprint density at radius 2 is 2.00 bits per heavy atom. The van der Waals surface area contributed by atoms with Crippen molar-refractivity contribution in [1.82, 2.24) is 0 Å². The fourth-order valence-corrected chi connectivity index (χ4v) is 1.20. The van der Waals surface area contributed by atoms with Gasteiger partial charge in [0.25, 0.3) is 0 Å². The van der Waals surface area contributed by atoms with Crippen LogP contribution in [0.25, 0.3) is 0 Å². The van der Waals surface area contributed by atoms with Gasteiger partial charge in [0.1, 0.15) is 18.6 Å². The van der Waals surface area contributed by atoms with E-state index in [-0.39, 0.29) is 20.6 Å². The lowest BCUT2D eigenvalue weighted by molar-refractivity contribution is -0.193. The van der Waals surface area contributed by atoms with Crippen LogP contribution in [-0.4, -0.2) is 38.2 Å². The summed E-state index contributed by atoms with van der Waals surface area (Å²) in [5, 5.41) is 0. The molecule has 1 heterocycles. The van der Waals surface area contributed by atoms with Gasteiger partial charge in [-0.1, -0.05) is 7.43 Å². The van der Waals surface area contributed by atoms with Gasteiger partial charge in [0.15, 0.2) is 6.29 Å². The van der Waals surface area contributed by atoms with Crippen LogP contribution in [0.4, 0.5) is 4.79 Å². The van der Waals surface area contributed by atoms with Crippen molar-refractivity contribution in [2.75, 3.05) is 19.8 Å². The second-order valence-corrected chi connectivity index (χ2v) is 3.82. The van der Waals surface area contributed by atoms with E-state index < -0.39 is 23.8 Å². The molecule has 0 spiro atoms. The SMILES string of the molecule is C.CCOC(C)OC(=O)C1(C)COC(=O)OC1. The average Bonchev–Trinajstić information content (AvgIpc) is 2.23. The van der Waals surface area contributed by atoms with E-state index in [4.69, 9.17) is 9.47 Å². The van der Waals surface area contributed by atoms with Gasteiger partial charge in [-0.2, -0.15) is 0 Å². The van der Waals surface area contributed by atoms with Crippen molar-refractivity contribution in [3.63, 3.8) is 0 Å². The number of carbonyl (C=O) groups is 2. The predicted molar refractivity (Wildman–Crippen MR) is 59.3 cm³/mol. The minimum Gasteiger partial charge on any atom is -0.435 e. The molecule has 17 heavy (non-hydrogen) atoms. The average molecular weight is 248 g/mol. The summed E-state index contributed by atoms with van der Waals surface area (Å²) in [7, 11) is 0. The molecule has 1 fully saturated rings. The van der Waals surface area contributed by atoms with E-state index in [1.54, 1.807) is 20.8 Å². The molecule has 0 aromatic carbocycles. The zero-order valence-corrected chi connectivity index (χ0v) is 9.65. The van der Waals surface area contributed by atoms with Crippen LogP contribution in [0, 0.1) is 5.41 Å². The second kappa shape index (κ2) is 6.44. The first kappa shape index (κ1) is 15.7. The minimum atomic E-state index is -0.959. The molecule has 0 bridgehead atoms. The van der Waals surface area contributed by atoms with Crippen molar-refractivity contribution in [1.29, 1.82) is 0 Å². The molecule has 1 atom stereocenters. The van der Waals surface area contributed by atoms with Crippen molar-refractivity contribution in [2.45, 2.75) is 34.5 Å². The third kappa shape index (κ3) is 4.22. The summed E-state index contributed by atoms with van der Waals surface area (Å²) in [6, 6.07) is 0. The van der Waals surface area contributed by atoms with E-state index in [0.29, 0.717) is 6.61 Å². The standard InChI is InChI=1S/C10H16O6.CH4/c1-4-13-7(2)16-8(11)10(3)5-14-9(12)15-6-10;/h7H,4-6H2,1-3H3;1H4. The summed E-state index contributed by atoms with van der Waals surface area (Å²) in [4.78, 5) is 22.4. The van der Waals surface area contributed by atoms with Gasteiger partial charge in [0.2, 0.25) is 0 Å². The van der Waals surface area contributed by atoms with E-state index >= 15 is 0 Å². The van der Waals surface area contributed by atoms with Crippen molar-refractivity contribution in [2.24, 2.45) is 5.41 Å². The second-order valence-electron chi connectivity index (χ2n) is 3.82. The molecule has 0 radical (unpaired) electrons. The van der Waals surface area contributed by atoms with Crippen LogP contribution in [0.3, 0.4) is 0 Å². The summed E-state index contributed by atoms with van der Waals surface area (Å²) in [5.41, 5.74) is -0.959. The summed E-state index contributed by atoms with van der Waals surface area (Å²) in [5.74, 6) is -0.499. The number of hydrogen-bond donors (Lipinski definition) is 0. The van der Waals surface area contributed by atoms with Gasteiger partial charge in [-0.05, 0) is 20.8 Å². The van der Waals surface area contributed by atoms with Crippen molar-refractivity contribution in [3.05, 3.63) is 0 Å². The van der Waals surface area contributed by atoms with Gasteiger partial charge in [0, 0.05) is 6.61 Å². The Kier molecular flexibility index (Phi) is 5.95. The van der Waals surface area contributed by atoms with Crippen molar-refractivity contribution in [3.8, 4) is 0 Å². The van der Waals surface area contributed by atoms with E-state index in [2.05, 4.69) is 9.47 Å². The van der Waals surface area contributed by atoms with E-state index in [0.717, 1.165) is 0 Å². The maximum absolute atomic E-state index is 11.7. The van der Waals surface area contributed by atoms with Crippen LogP contribution < -0.4 is 0 Å². The molecular weight excluding hydrogens is 228 g/mol. The Morgan fingerprint density at radius 1 is 1.47 bits per heavy atom. The maximum Gasteiger partial charge on any atom is 0.508 e. The first-order chi connectivity index (χ1) is 7.48. The number of cyclic esters (lactones) is 2. The maximum atomic E-state index is 11.7. The predicted octanol–water partition coefficient (Wildman–Crippen LogP) is 1.72. The number of rotatable bonds is 4. The van der Waals surface area contributed by atoms with E-state index in [1.807, 2.05) is 0 Å². The zero-order valence-electron chi connectivity index (χ0n) is 9.65. The highest BCUT2D eigenvalue weighted by Gasteiger charge is 2.42. The Balaban J connectivity index is 0.00000256. The fraction of sp³-hybridized carbons (Fsp3) is 0.818. The monoisotopic (exact) mass is 248 g/mol. The largest absolute Gasteiger partial charge is 0.508 e. The molecular formula is C11H20O6. The Morgan fingerprint density at radius 3 is 2.47 bits per heavy atom. The third-order valence-electron chi connectivity index (χ3n) is 2.18. The Bertz CT molecular complexity index is 265. The van der Waals surface area contributed by atoms with Gasteiger partial charge in [-0.3, -0.25) is 4.79 Å². The van der Waals surface area contributed by atoms with Gasteiger partial charge in [0.05, 0.1) is 0 Å². The number of ether oxygens (including phenoxy) is 4. The molecule has 1 saturated heterocycles. The molecule has 0 amide bonds. The van der Waals surface area contributed by atoms with Crippen LogP contribution >= 0.6 is 0 Å². The fourth-order valence-electron chi connectivity index (χ4n) is 1.20. The lowest BCUT2D eigenvalue weighted by Gasteiger charge is -2.30. The Labute approximate surface area is 101 Å². The van der Waals surface area contributed by atoms with Gasteiger partial charge < -0.3 is 18.9 Å². The van der Waals surface area contributed by atoms with E-state index in [9.17, 15) is 9.59 Å². The number of esters is 1. The Hall–Kier alpha value is -1.30. The van der Waals surface area contributed by atoms with Crippen molar-refractivity contribution < 1.29 is 28.5 Å². The molecule has 100 valence electrons. The van der Waals surface area contributed by atoms with Crippen LogP contribution in [0.15, 0.2) is 0 Å². The molecule has 1 aliphatic heterocycles. The topological polar surface area (TPSA) is 71.1 Å². The quantitative estimate of drug-likeness (QED) is 0.557. The molecule has 1 aliphatic rings. The molecule has 6 heteroatoms. The highest BCUT2D eigenvalue weighted by Crippen LogP contribution is 2.24. The molecule has 0 aromatic rings. The summed E-state index contributed by atoms with van der Waals surface area (Å²) in [6.45, 7) is 5.42. The first-order valence-corrected chi connectivity index (χ1v) is 5.10. The van der Waals surface area contributed by atoms with Crippen LogP contribution in [-0.2, 0) is 23.7 Å². The normalized spacial score (nSPS) is 19.4.